The molecule has 1 amide bonds. The molecule has 0 radical (unpaired) electrons. The van der Waals surface area contributed by atoms with Crippen molar-refractivity contribution in [2.24, 2.45) is 0 Å². The van der Waals surface area contributed by atoms with Crippen molar-refractivity contribution in [1.29, 1.82) is 0 Å². The number of aromatic amines is 1. The maximum Gasteiger partial charge on any atom is 0.268 e. The van der Waals surface area contributed by atoms with Gasteiger partial charge in [0.15, 0.2) is 5.75 Å². The normalized spacial score (nSPS) is 11.3. The van der Waals surface area contributed by atoms with Crippen molar-refractivity contribution in [2.75, 3.05) is 7.11 Å². The summed E-state index contributed by atoms with van der Waals surface area (Å²) in [5, 5.41) is 3.72. The molecule has 2 heterocycles. The zero-order valence-corrected chi connectivity index (χ0v) is 14.1. The van der Waals surface area contributed by atoms with Crippen molar-refractivity contribution < 1.29 is 9.53 Å². The van der Waals surface area contributed by atoms with E-state index < -0.39 is 5.54 Å². The lowest BCUT2D eigenvalue weighted by Crippen LogP contribution is -2.41. The molecule has 2 N–H and O–H groups in total. The van der Waals surface area contributed by atoms with Gasteiger partial charge in [0, 0.05) is 17.1 Å². The van der Waals surface area contributed by atoms with E-state index in [0.717, 1.165) is 15.6 Å². The van der Waals surface area contributed by atoms with Gasteiger partial charge < -0.3 is 15.0 Å². The number of thiazole rings is 1. The van der Waals surface area contributed by atoms with Crippen LogP contribution in [0.4, 0.5) is 0 Å². The molecule has 2 aromatic heterocycles. The number of aromatic nitrogens is 2. The Hall–Kier alpha value is -2.15. The minimum absolute atomic E-state index is 0.169. The summed E-state index contributed by atoms with van der Waals surface area (Å²) >= 11 is 1.55. The van der Waals surface area contributed by atoms with Gasteiger partial charge in [-0.05, 0) is 27.7 Å². The van der Waals surface area contributed by atoms with Crippen LogP contribution in [-0.2, 0) is 5.54 Å². The van der Waals surface area contributed by atoms with Crippen LogP contribution in [0.25, 0.3) is 0 Å². The molecule has 2 aromatic rings. The van der Waals surface area contributed by atoms with Crippen molar-refractivity contribution >= 4 is 17.2 Å². The molecule has 2 rings (SSSR count). The van der Waals surface area contributed by atoms with Gasteiger partial charge in [-0.3, -0.25) is 9.59 Å². The quantitative estimate of drug-likeness (QED) is 0.903. The predicted octanol–water partition coefficient (Wildman–Crippen LogP) is 2.12. The van der Waals surface area contributed by atoms with Crippen LogP contribution in [0.5, 0.6) is 5.75 Å². The SMILES string of the molecule is COc1c[nH]c(C(=O)NC(C)(C)c2nc(C)c(C)s2)cc1=O. The van der Waals surface area contributed by atoms with E-state index in [0.29, 0.717) is 0 Å². The average molecular weight is 321 g/mol. The molecule has 0 saturated heterocycles. The molecule has 0 aliphatic carbocycles. The van der Waals surface area contributed by atoms with Crippen LogP contribution in [-0.4, -0.2) is 23.0 Å². The zero-order valence-electron chi connectivity index (χ0n) is 13.2. The van der Waals surface area contributed by atoms with Crippen LogP contribution in [0, 0.1) is 13.8 Å². The van der Waals surface area contributed by atoms with E-state index in [9.17, 15) is 9.59 Å². The Morgan fingerprint density at radius 2 is 2.09 bits per heavy atom. The smallest absolute Gasteiger partial charge is 0.268 e. The topological polar surface area (TPSA) is 84.1 Å². The van der Waals surface area contributed by atoms with E-state index in [-0.39, 0.29) is 22.8 Å². The van der Waals surface area contributed by atoms with Crippen LogP contribution in [0.2, 0.25) is 0 Å². The third kappa shape index (κ3) is 3.19. The number of amides is 1. The summed E-state index contributed by atoms with van der Waals surface area (Å²) in [5.74, 6) is -0.197. The fraction of sp³-hybridized carbons (Fsp3) is 0.400. The highest BCUT2D eigenvalue weighted by molar-refractivity contribution is 7.11. The Morgan fingerprint density at radius 1 is 1.41 bits per heavy atom. The largest absolute Gasteiger partial charge is 0.491 e. The molecular formula is C15H19N3O3S. The number of ether oxygens (including phenoxy) is 1. The fourth-order valence-electron chi connectivity index (χ4n) is 1.89. The number of hydrogen-bond acceptors (Lipinski definition) is 5. The summed E-state index contributed by atoms with van der Waals surface area (Å²) < 4.78 is 4.88. The number of carbonyl (C=O) groups excluding carboxylic acids is 1. The molecule has 0 aliphatic heterocycles. The highest BCUT2D eigenvalue weighted by Gasteiger charge is 2.27. The molecule has 7 heteroatoms. The maximum absolute atomic E-state index is 12.3. The van der Waals surface area contributed by atoms with E-state index in [1.54, 1.807) is 11.3 Å². The molecule has 0 bridgehead atoms. The Morgan fingerprint density at radius 3 is 2.59 bits per heavy atom. The summed E-state index contributed by atoms with van der Waals surface area (Å²) in [5.41, 5.74) is 0.173. The van der Waals surface area contributed by atoms with Gasteiger partial charge in [0.25, 0.3) is 5.91 Å². The zero-order chi connectivity index (χ0) is 16.5. The number of pyridine rings is 1. The summed E-state index contributed by atoms with van der Waals surface area (Å²) in [6, 6.07) is 1.22. The summed E-state index contributed by atoms with van der Waals surface area (Å²) in [4.78, 5) is 32.4. The first kappa shape index (κ1) is 16.2. The second-order valence-electron chi connectivity index (χ2n) is 5.52. The van der Waals surface area contributed by atoms with Crippen molar-refractivity contribution in [2.45, 2.75) is 33.2 Å². The number of H-pyrrole nitrogens is 1. The highest BCUT2D eigenvalue weighted by atomic mass is 32.1. The second kappa shape index (κ2) is 5.92. The van der Waals surface area contributed by atoms with Crippen LogP contribution < -0.4 is 15.5 Å². The Kier molecular flexibility index (Phi) is 4.37. The number of hydrogen-bond donors (Lipinski definition) is 2. The number of methoxy groups -OCH3 is 1. The number of carbonyl (C=O) groups is 1. The Labute approximate surface area is 132 Å². The third-order valence-corrected chi connectivity index (χ3v) is 4.73. The summed E-state index contributed by atoms with van der Waals surface area (Å²) in [7, 11) is 1.40. The lowest BCUT2D eigenvalue weighted by Gasteiger charge is -2.23. The van der Waals surface area contributed by atoms with Gasteiger partial charge in [-0.2, -0.15) is 0 Å². The van der Waals surface area contributed by atoms with Crippen molar-refractivity contribution in [3.8, 4) is 5.75 Å². The molecule has 0 unspecified atom stereocenters. The molecule has 0 spiro atoms. The van der Waals surface area contributed by atoms with E-state index in [4.69, 9.17) is 4.74 Å². The molecule has 0 saturated carbocycles. The monoisotopic (exact) mass is 321 g/mol. The average Bonchev–Trinajstić information content (AvgIpc) is 2.79. The van der Waals surface area contributed by atoms with Gasteiger partial charge in [-0.15, -0.1) is 11.3 Å². The second-order valence-corrected chi connectivity index (χ2v) is 6.72. The standard InChI is InChI=1S/C15H19N3O3S/c1-8-9(2)22-14(17-8)15(3,4)18-13(20)10-6-11(19)12(21-5)7-16-10/h6-7H,1-5H3,(H,16,19)(H,18,20). The van der Waals surface area contributed by atoms with Crippen LogP contribution in [0.15, 0.2) is 17.1 Å². The Balaban J connectivity index is 2.23. The van der Waals surface area contributed by atoms with Gasteiger partial charge in [0.1, 0.15) is 10.7 Å². The van der Waals surface area contributed by atoms with Crippen LogP contribution in [0.3, 0.4) is 0 Å². The Bertz CT molecular complexity index is 742. The molecule has 0 atom stereocenters. The van der Waals surface area contributed by atoms with E-state index in [1.807, 2.05) is 27.7 Å². The lowest BCUT2D eigenvalue weighted by atomic mass is 10.1. The van der Waals surface area contributed by atoms with E-state index in [2.05, 4.69) is 15.3 Å². The summed E-state index contributed by atoms with van der Waals surface area (Å²) in [6.45, 7) is 7.69. The number of aryl methyl sites for hydroxylation is 2. The minimum Gasteiger partial charge on any atom is -0.491 e. The molecule has 22 heavy (non-hydrogen) atoms. The van der Waals surface area contributed by atoms with Crippen molar-refractivity contribution in [3.63, 3.8) is 0 Å². The first-order valence-electron chi connectivity index (χ1n) is 6.78. The molecule has 0 aliphatic rings. The van der Waals surface area contributed by atoms with Crippen molar-refractivity contribution in [3.05, 3.63) is 43.8 Å². The van der Waals surface area contributed by atoms with Crippen LogP contribution in [0.1, 0.15) is 39.9 Å². The third-order valence-electron chi connectivity index (χ3n) is 3.33. The van der Waals surface area contributed by atoms with E-state index in [1.165, 1.54) is 19.4 Å². The van der Waals surface area contributed by atoms with Crippen molar-refractivity contribution in [1.82, 2.24) is 15.3 Å². The summed E-state index contributed by atoms with van der Waals surface area (Å²) in [6.07, 6.45) is 1.38. The van der Waals surface area contributed by atoms with Gasteiger partial charge in [0.2, 0.25) is 5.43 Å². The fourth-order valence-corrected chi connectivity index (χ4v) is 2.87. The molecule has 0 fully saturated rings. The van der Waals surface area contributed by atoms with Gasteiger partial charge in [0.05, 0.1) is 18.3 Å². The number of rotatable bonds is 4. The first-order valence-corrected chi connectivity index (χ1v) is 7.60. The van der Waals surface area contributed by atoms with Crippen LogP contribution >= 0.6 is 11.3 Å². The van der Waals surface area contributed by atoms with Gasteiger partial charge >= 0.3 is 0 Å². The molecular weight excluding hydrogens is 302 g/mol. The first-order chi connectivity index (χ1) is 10.2. The number of nitrogens with one attached hydrogen (secondary N) is 2. The molecule has 118 valence electrons. The van der Waals surface area contributed by atoms with E-state index >= 15 is 0 Å². The molecule has 0 aromatic carbocycles. The number of nitrogens with zero attached hydrogens (tertiary/aromatic N) is 1. The van der Waals surface area contributed by atoms with Gasteiger partial charge in [-0.25, -0.2) is 4.98 Å². The van der Waals surface area contributed by atoms with Gasteiger partial charge in [-0.1, -0.05) is 0 Å². The minimum atomic E-state index is -0.627. The predicted molar refractivity (Wildman–Crippen MR) is 85.7 cm³/mol. The lowest BCUT2D eigenvalue weighted by molar-refractivity contribution is 0.0906. The highest BCUT2D eigenvalue weighted by Crippen LogP contribution is 2.27. The maximum atomic E-state index is 12.3. The molecule has 6 nitrogen and oxygen atoms in total.